The molecule has 7 heteroatoms. The van der Waals surface area contributed by atoms with E-state index in [0.29, 0.717) is 23.5 Å². The number of ether oxygens (including phenoxy) is 1. The second-order valence-electron chi connectivity index (χ2n) is 9.07. The number of benzene rings is 3. The number of rotatable bonds is 7. The number of carbonyl (C=O) groups excluding carboxylic acids is 2. The summed E-state index contributed by atoms with van der Waals surface area (Å²) in [6, 6.07) is 22.8. The standard InChI is InChI=1S/C31H25FN2O4/c1-20-4-2-3-5-24(20)19-38-26-12-8-23(9-13-26)29(35)27-28(22-6-10-25(32)11-7-22)34(31(37)30(27)36)18-21-14-16-33-17-15-21/h2-17,28,35H,18-19H2,1H3. The summed E-state index contributed by atoms with van der Waals surface area (Å²) in [5.74, 6) is -1.69. The van der Waals surface area contributed by atoms with Gasteiger partial charge in [0.1, 0.15) is 23.9 Å². The van der Waals surface area contributed by atoms with Crippen LogP contribution in [-0.4, -0.2) is 26.7 Å². The lowest BCUT2D eigenvalue weighted by atomic mass is 9.95. The monoisotopic (exact) mass is 508 g/mol. The predicted octanol–water partition coefficient (Wildman–Crippen LogP) is 5.73. The molecule has 38 heavy (non-hydrogen) atoms. The Labute approximate surface area is 219 Å². The van der Waals surface area contributed by atoms with E-state index in [1.165, 1.54) is 29.2 Å². The lowest BCUT2D eigenvalue weighted by Gasteiger charge is -2.25. The first-order chi connectivity index (χ1) is 18.4. The van der Waals surface area contributed by atoms with Gasteiger partial charge in [0.25, 0.3) is 11.7 Å². The lowest BCUT2D eigenvalue weighted by molar-refractivity contribution is -0.140. The number of halogens is 1. The van der Waals surface area contributed by atoms with E-state index in [-0.39, 0.29) is 17.9 Å². The number of aryl methyl sites for hydroxylation is 1. The molecule has 6 nitrogen and oxygen atoms in total. The summed E-state index contributed by atoms with van der Waals surface area (Å²) in [5.41, 5.74) is 3.78. The van der Waals surface area contributed by atoms with Crippen molar-refractivity contribution in [2.75, 3.05) is 0 Å². The van der Waals surface area contributed by atoms with E-state index in [1.807, 2.05) is 31.2 Å². The van der Waals surface area contributed by atoms with Crippen molar-refractivity contribution in [2.45, 2.75) is 26.1 Å². The average molecular weight is 509 g/mol. The minimum absolute atomic E-state index is 0.0516. The van der Waals surface area contributed by atoms with E-state index in [1.54, 1.807) is 48.8 Å². The van der Waals surface area contributed by atoms with Gasteiger partial charge in [-0.15, -0.1) is 0 Å². The summed E-state index contributed by atoms with van der Waals surface area (Å²) in [5, 5.41) is 11.3. The van der Waals surface area contributed by atoms with Crippen molar-refractivity contribution in [3.05, 3.63) is 137 Å². The molecule has 0 bridgehead atoms. The summed E-state index contributed by atoms with van der Waals surface area (Å²) in [6.07, 6.45) is 3.20. The molecule has 1 amide bonds. The highest BCUT2D eigenvalue weighted by molar-refractivity contribution is 6.46. The molecule has 1 unspecified atom stereocenters. The number of carbonyl (C=O) groups is 2. The van der Waals surface area contributed by atoms with Gasteiger partial charge in [-0.05, 0) is 77.7 Å². The van der Waals surface area contributed by atoms with Crippen molar-refractivity contribution in [1.82, 2.24) is 9.88 Å². The van der Waals surface area contributed by atoms with Gasteiger partial charge in [0.2, 0.25) is 0 Å². The maximum atomic E-state index is 13.7. The Kier molecular flexibility index (Phi) is 7.00. The van der Waals surface area contributed by atoms with Crippen molar-refractivity contribution < 1.29 is 23.8 Å². The van der Waals surface area contributed by atoms with Crippen molar-refractivity contribution in [3.8, 4) is 5.75 Å². The molecule has 1 saturated heterocycles. The second kappa shape index (κ2) is 10.7. The van der Waals surface area contributed by atoms with Crippen LogP contribution in [0.5, 0.6) is 5.75 Å². The van der Waals surface area contributed by atoms with Gasteiger partial charge in [0.15, 0.2) is 0 Å². The number of aliphatic hydroxyl groups is 1. The van der Waals surface area contributed by atoms with E-state index in [9.17, 15) is 19.1 Å². The molecule has 3 aromatic carbocycles. The summed E-state index contributed by atoms with van der Waals surface area (Å²) >= 11 is 0. The first kappa shape index (κ1) is 24.9. The normalized spacial score (nSPS) is 16.6. The number of pyridine rings is 1. The summed E-state index contributed by atoms with van der Waals surface area (Å²) < 4.78 is 19.6. The van der Waals surface area contributed by atoms with Crippen LogP contribution in [0.4, 0.5) is 4.39 Å². The fraction of sp³-hybridized carbons (Fsp3) is 0.129. The van der Waals surface area contributed by atoms with Crippen LogP contribution >= 0.6 is 0 Å². The third-order valence-corrected chi connectivity index (χ3v) is 6.61. The maximum absolute atomic E-state index is 13.7. The number of aliphatic hydroxyl groups excluding tert-OH is 1. The van der Waals surface area contributed by atoms with Crippen molar-refractivity contribution in [2.24, 2.45) is 0 Å². The fourth-order valence-corrected chi connectivity index (χ4v) is 4.52. The van der Waals surface area contributed by atoms with Crippen LogP contribution in [0.1, 0.15) is 33.9 Å². The highest BCUT2D eigenvalue weighted by Gasteiger charge is 2.46. The number of likely N-dealkylation sites (tertiary alicyclic amines) is 1. The smallest absolute Gasteiger partial charge is 0.295 e. The van der Waals surface area contributed by atoms with Crippen molar-refractivity contribution >= 4 is 17.4 Å². The summed E-state index contributed by atoms with van der Waals surface area (Å²) in [7, 11) is 0. The molecular weight excluding hydrogens is 483 g/mol. The van der Waals surface area contributed by atoms with Crippen LogP contribution in [0.2, 0.25) is 0 Å². The first-order valence-corrected chi connectivity index (χ1v) is 12.1. The summed E-state index contributed by atoms with van der Waals surface area (Å²) in [4.78, 5) is 31.7. The average Bonchev–Trinajstić information content (AvgIpc) is 3.18. The molecule has 1 atom stereocenters. The first-order valence-electron chi connectivity index (χ1n) is 12.1. The Balaban J connectivity index is 1.47. The molecule has 5 rings (SSSR count). The van der Waals surface area contributed by atoms with Crippen molar-refractivity contribution in [1.29, 1.82) is 0 Å². The number of Topliss-reactive ketones (excluding diaryl/α,β-unsaturated/α-hetero) is 1. The quantitative estimate of drug-likeness (QED) is 0.196. The Morgan fingerprint density at radius 2 is 1.63 bits per heavy atom. The van der Waals surface area contributed by atoms with Gasteiger partial charge >= 0.3 is 0 Å². The lowest BCUT2D eigenvalue weighted by Crippen LogP contribution is -2.29. The molecule has 1 aliphatic heterocycles. The molecule has 1 N–H and O–H groups in total. The van der Waals surface area contributed by atoms with Gasteiger partial charge in [-0.25, -0.2) is 4.39 Å². The Bertz CT molecular complexity index is 1500. The molecule has 1 aromatic heterocycles. The zero-order valence-corrected chi connectivity index (χ0v) is 20.7. The fourth-order valence-electron chi connectivity index (χ4n) is 4.52. The van der Waals surface area contributed by atoms with E-state index in [4.69, 9.17) is 4.74 Å². The molecule has 1 fully saturated rings. The second-order valence-corrected chi connectivity index (χ2v) is 9.07. The zero-order valence-electron chi connectivity index (χ0n) is 20.7. The van der Waals surface area contributed by atoms with Gasteiger partial charge in [-0.2, -0.15) is 0 Å². The highest BCUT2D eigenvalue weighted by Crippen LogP contribution is 2.40. The number of hydrogen-bond acceptors (Lipinski definition) is 5. The van der Waals surface area contributed by atoms with Crippen molar-refractivity contribution in [3.63, 3.8) is 0 Å². The van der Waals surface area contributed by atoms with Crippen LogP contribution in [0.3, 0.4) is 0 Å². The van der Waals surface area contributed by atoms with E-state index in [0.717, 1.165) is 16.7 Å². The molecule has 0 spiro atoms. The molecule has 1 aliphatic rings. The molecule has 2 heterocycles. The number of aromatic nitrogens is 1. The van der Waals surface area contributed by atoms with Crippen LogP contribution in [0.15, 0.2) is 103 Å². The summed E-state index contributed by atoms with van der Waals surface area (Å²) in [6.45, 7) is 2.53. The van der Waals surface area contributed by atoms with E-state index >= 15 is 0 Å². The van der Waals surface area contributed by atoms with Crippen LogP contribution in [0.25, 0.3) is 5.76 Å². The van der Waals surface area contributed by atoms with E-state index < -0.39 is 23.5 Å². The SMILES string of the molecule is Cc1ccccc1COc1ccc(C(O)=C2C(=O)C(=O)N(Cc3ccncc3)C2c2ccc(F)cc2)cc1. The van der Waals surface area contributed by atoms with E-state index in [2.05, 4.69) is 4.98 Å². The predicted molar refractivity (Wildman–Crippen MR) is 140 cm³/mol. The Morgan fingerprint density at radius 3 is 2.32 bits per heavy atom. The number of hydrogen-bond donors (Lipinski definition) is 1. The van der Waals surface area contributed by atoms with Gasteiger partial charge in [0, 0.05) is 24.5 Å². The number of amides is 1. The minimum atomic E-state index is -0.888. The third-order valence-electron chi connectivity index (χ3n) is 6.61. The topological polar surface area (TPSA) is 79.7 Å². The van der Waals surface area contributed by atoms with Crippen LogP contribution < -0.4 is 4.74 Å². The van der Waals surface area contributed by atoms with Gasteiger partial charge in [-0.3, -0.25) is 14.6 Å². The van der Waals surface area contributed by atoms with Gasteiger partial charge in [-0.1, -0.05) is 36.4 Å². The zero-order chi connectivity index (χ0) is 26.6. The Morgan fingerprint density at radius 1 is 0.947 bits per heavy atom. The van der Waals surface area contributed by atoms with Crippen LogP contribution in [-0.2, 0) is 22.7 Å². The number of ketones is 1. The third kappa shape index (κ3) is 5.04. The highest BCUT2D eigenvalue weighted by atomic mass is 19.1. The van der Waals surface area contributed by atoms with Crippen LogP contribution in [0, 0.1) is 12.7 Å². The molecule has 0 radical (unpaired) electrons. The van der Waals surface area contributed by atoms with Gasteiger partial charge < -0.3 is 14.7 Å². The molecule has 0 aliphatic carbocycles. The maximum Gasteiger partial charge on any atom is 0.295 e. The molecule has 4 aromatic rings. The minimum Gasteiger partial charge on any atom is -0.507 e. The molecule has 0 saturated carbocycles. The Hall–Kier alpha value is -4.78. The van der Waals surface area contributed by atoms with Gasteiger partial charge in [0.05, 0.1) is 11.6 Å². The largest absolute Gasteiger partial charge is 0.507 e. The molecular formula is C31H25FN2O4. The number of nitrogens with zero attached hydrogens (tertiary/aromatic N) is 2. The molecule has 190 valence electrons.